The van der Waals surface area contributed by atoms with Gasteiger partial charge in [0, 0.05) is 21.2 Å². The second kappa shape index (κ2) is 5.29. The third-order valence-corrected chi connectivity index (χ3v) is 2.85. The molecule has 0 aromatic rings. The summed E-state index contributed by atoms with van der Waals surface area (Å²) >= 11 is 2.08. The molecule has 3 nitrogen and oxygen atoms in total. The fourth-order valence-corrected chi connectivity index (χ4v) is 2.29. The zero-order valence-corrected chi connectivity index (χ0v) is 9.76. The Hall–Kier alpha value is 0.510. The van der Waals surface area contributed by atoms with Crippen molar-refractivity contribution in [1.29, 1.82) is 0 Å². The van der Waals surface area contributed by atoms with Crippen molar-refractivity contribution in [2.45, 2.75) is 25.9 Å². The molecule has 0 spiro atoms. The van der Waals surface area contributed by atoms with Crippen molar-refractivity contribution in [2.75, 3.05) is 6.61 Å². The third kappa shape index (κ3) is 2.77. The molecule has 0 saturated heterocycles. The van der Waals surface area contributed by atoms with Crippen molar-refractivity contribution in [3.05, 3.63) is 0 Å². The topological polar surface area (TPSA) is 35.5 Å². The molecule has 0 aliphatic heterocycles. The van der Waals surface area contributed by atoms with Crippen molar-refractivity contribution in [1.82, 2.24) is 0 Å². The molecule has 1 saturated carbocycles. The lowest BCUT2D eigenvalue weighted by Crippen LogP contribution is -2.36. The molecule has 1 fully saturated rings. The summed E-state index contributed by atoms with van der Waals surface area (Å²) in [6, 6.07) is 0. The van der Waals surface area contributed by atoms with E-state index in [4.69, 9.17) is 8.92 Å². The van der Waals surface area contributed by atoms with Crippen molar-refractivity contribution in [2.24, 2.45) is 5.92 Å². The molecular weight excluding hydrogens is 291 g/mol. The van der Waals surface area contributed by atoms with Gasteiger partial charge in [-0.3, -0.25) is 4.79 Å². The van der Waals surface area contributed by atoms with Gasteiger partial charge in [0.05, 0.1) is 27.8 Å². The predicted octanol–water partition coefficient (Wildman–Crippen LogP) is 2.34. The Morgan fingerprint density at radius 2 is 2.33 bits per heavy atom. The van der Waals surface area contributed by atoms with E-state index in [1.54, 1.807) is 0 Å². The summed E-state index contributed by atoms with van der Waals surface area (Å²) in [4.78, 5) is 11.1. The predicted molar refractivity (Wildman–Crippen MR) is 55.8 cm³/mol. The summed E-state index contributed by atoms with van der Waals surface area (Å²) < 4.78 is 10.1. The van der Waals surface area contributed by atoms with Gasteiger partial charge in [-0.15, -0.1) is 0 Å². The maximum Gasteiger partial charge on any atom is 0.309 e. The molecule has 12 heavy (non-hydrogen) atoms. The SMILES string of the molecule is CCOC(=O)C1CC(OSI)C1. The molecule has 1 rings (SSSR count). The second-order valence-electron chi connectivity index (χ2n) is 2.70. The van der Waals surface area contributed by atoms with Crippen molar-refractivity contribution in [3.63, 3.8) is 0 Å². The molecule has 0 unspecified atom stereocenters. The smallest absolute Gasteiger partial charge is 0.309 e. The van der Waals surface area contributed by atoms with E-state index in [9.17, 15) is 4.79 Å². The number of hydrogen-bond donors (Lipinski definition) is 0. The summed E-state index contributed by atoms with van der Waals surface area (Å²) in [5.74, 6) is 0.00862. The number of esters is 1. The van der Waals surface area contributed by atoms with Gasteiger partial charge >= 0.3 is 5.97 Å². The van der Waals surface area contributed by atoms with Crippen LogP contribution in [0.5, 0.6) is 0 Å². The third-order valence-electron chi connectivity index (χ3n) is 1.89. The molecule has 0 radical (unpaired) electrons. The van der Waals surface area contributed by atoms with Gasteiger partial charge in [0.2, 0.25) is 0 Å². The van der Waals surface area contributed by atoms with Gasteiger partial charge in [0.15, 0.2) is 0 Å². The van der Waals surface area contributed by atoms with E-state index in [2.05, 4.69) is 21.2 Å². The van der Waals surface area contributed by atoms with Crippen molar-refractivity contribution < 1.29 is 13.7 Å². The van der Waals surface area contributed by atoms with Gasteiger partial charge in [0.25, 0.3) is 0 Å². The quantitative estimate of drug-likeness (QED) is 0.454. The van der Waals surface area contributed by atoms with Gasteiger partial charge < -0.3 is 8.92 Å². The van der Waals surface area contributed by atoms with Gasteiger partial charge in [-0.25, -0.2) is 0 Å². The number of ether oxygens (including phenoxy) is 1. The number of halogens is 1. The number of carbonyl (C=O) groups is 1. The van der Waals surface area contributed by atoms with Gasteiger partial charge in [-0.05, 0) is 19.8 Å². The first-order chi connectivity index (χ1) is 5.77. The molecule has 0 bridgehead atoms. The standard InChI is InChI=1S/C7H11IO3S/c1-2-10-7(9)5-3-6(4-5)11-12-8/h5-6H,2-4H2,1H3. The molecule has 0 aromatic heterocycles. The first-order valence-electron chi connectivity index (χ1n) is 3.88. The van der Waals surface area contributed by atoms with E-state index in [-0.39, 0.29) is 18.0 Å². The van der Waals surface area contributed by atoms with E-state index < -0.39 is 0 Å². The van der Waals surface area contributed by atoms with E-state index in [1.165, 1.54) is 9.21 Å². The Kier molecular flexibility index (Phi) is 4.66. The summed E-state index contributed by atoms with van der Waals surface area (Å²) in [6.07, 6.45) is 1.88. The van der Waals surface area contributed by atoms with Gasteiger partial charge in [-0.1, -0.05) is 0 Å². The highest BCUT2D eigenvalue weighted by atomic mass is 127. The van der Waals surface area contributed by atoms with Crippen LogP contribution in [0.25, 0.3) is 0 Å². The van der Waals surface area contributed by atoms with Crippen LogP contribution < -0.4 is 0 Å². The van der Waals surface area contributed by atoms with Crippen LogP contribution in [0.1, 0.15) is 19.8 Å². The molecule has 0 heterocycles. The molecule has 70 valence electrons. The fraction of sp³-hybridized carbons (Fsp3) is 0.857. The van der Waals surface area contributed by atoms with Gasteiger partial charge in [0.1, 0.15) is 0 Å². The average Bonchev–Trinajstić information content (AvgIpc) is 1.96. The molecule has 5 heteroatoms. The summed E-state index contributed by atoms with van der Waals surface area (Å²) in [6.45, 7) is 2.30. The molecule has 1 aliphatic rings. The zero-order chi connectivity index (χ0) is 8.97. The van der Waals surface area contributed by atoms with Crippen LogP contribution in [0.2, 0.25) is 0 Å². The first kappa shape index (κ1) is 10.6. The van der Waals surface area contributed by atoms with Crippen molar-refractivity contribution >= 4 is 36.4 Å². The lowest BCUT2D eigenvalue weighted by Gasteiger charge is -2.31. The summed E-state index contributed by atoms with van der Waals surface area (Å²) in [5.41, 5.74) is 0. The van der Waals surface area contributed by atoms with Crippen LogP contribution >= 0.6 is 30.4 Å². The van der Waals surface area contributed by atoms with E-state index >= 15 is 0 Å². The van der Waals surface area contributed by atoms with Crippen LogP contribution in [-0.2, 0) is 13.7 Å². The lowest BCUT2D eigenvalue weighted by atomic mass is 9.83. The molecule has 0 aromatic carbocycles. The van der Waals surface area contributed by atoms with E-state index in [0.29, 0.717) is 6.61 Å². The van der Waals surface area contributed by atoms with E-state index in [0.717, 1.165) is 12.8 Å². The Morgan fingerprint density at radius 3 is 2.83 bits per heavy atom. The maximum absolute atomic E-state index is 11.1. The lowest BCUT2D eigenvalue weighted by molar-refractivity contribution is -0.154. The molecular formula is C7H11IO3S. The fourth-order valence-electron chi connectivity index (χ4n) is 1.15. The average molecular weight is 302 g/mol. The number of rotatable bonds is 4. The van der Waals surface area contributed by atoms with Crippen LogP contribution in [-0.4, -0.2) is 18.7 Å². The number of hydrogen-bond acceptors (Lipinski definition) is 4. The van der Waals surface area contributed by atoms with E-state index in [1.807, 2.05) is 6.92 Å². The van der Waals surface area contributed by atoms with Gasteiger partial charge in [-0.2, -0.15) is 0 Å². The number of carbonyl (C=O) groups excluding carboxylic acids is 1. The van der Waals surface area contributed by atoms with Crippen LogP contribution in [0.15, 0.2) is 0 Å². The molecule has 0 amide bonds. The van der Waals surface area contributed by atoms with Crippen LogP contribution in [0, 0.1) is 5.92 Å². The Labute approximate surface area is 88.4 Å². The molecule has 0 N–H and O–H groups in total. The van der Waals surface area contributed by atoms with Crippen molar-refractivity contribution in [3.8, 4) is 0 Å². The monoisotopic (exact) mass is 302 g/mol. The second-order valence-corrected chi connectivity index (χ2v) is 4.10. The normalized spacial score (nSPS) is 27.8. The minimum atomic E-state index is -0.0733. The summed E-state index contributed by atoms with van der Waals surface area (Å²) in [5, 5.41) is 0. The largest absolute Gasteiger partial charge is 0.466 e. The minimum Gasteiger partial charge on any atom is -0.466 e. The summed E-state index contributed by atoms with van der Waals surface area (Å²) in [7, 11) is 1.33. The van der Waals surface area contributed by atoms with Crippen LogP contribution in [0.3, 0.4) is 0 Å². The highest BCUT2D eigenvalue weighted by Crippen LogP contribution is 2.34. The Bertz CT molecular complexity index is 159. The maximum atomic E-state index is 11.1. The minimum absolute atomic E-state index is 0.0733. The molecule has 0 atom stereocenters. The first-order valence-corrected chi connectivity index (χ1v) is 7.17. The molecule has 1 aliphatic carbocycles. The zero-order valence-electron chi connectivity index (χ0n) is 6.79. The Balaban J connectivity index is 2.12. The van der Waals surface area contributed by atoms with Crippen LogP contribution in [0.4, 0.5) is 0 Å². The highest BCUT2D eigenvalue weighted by Gasteiger charge is 2.36. The Morgan fingerprint density at radius 1 is 1.67 bits per heavy atom. The highest BCUT2D eigenvalue weighted by molar-refractivity contribution is 14.2.